The smallest absolute Gasteiger partial charge is 0.164 e. The molecule has 0 radical (unpaired) electrons. The van der Waals surface area contributed by atoms with Crippen LogP contribution in [0.3, 0.4) is 0 Å². The van der Waals surface area contributed by atoms with Gasteiger partial charge in [0.1, 0.15) is 22.3 Å². The van der Waals surface area contributed by atoms with Crippen molar-refractivity contribution in [1.82, 2.24) is 24.1 Å². The highest BCUT2D eigenvalue weighted by molar-refractivity contribution is 6.20. The average Bonchev–Trinajstić information content (AvgIpc) is 4.25. The Morgan fingerprint density at radius 1 is 0.316 bits per heavy atom. The largest absolute Gasteiger partial charge is 0.456 e. The summed E-state index contributed by atoms with van der Waals surface area (Å²) in [6.07, 6.45) is 9.00. The molecule has 0 bridgehead atoms. The number of allylic oxidation sites excluding steroid dienone is 4. The Hall–Kier alpha value is -10.1. The van der Waals surface area contributed by atoms with E-state index >= 15 is 0 Å². The molecule has 15 aromatic rings. The summed E-state index contributed by atoms with van der Waals surface area (Å²) >= 11 is 0. The van der Waals surface area contributed by atoms with E-state index in [1.54, 1.807) is 0 Å². The molecule has 0 N–H and O–H groups in total. The van der Waals surface area contributed by atoms with Gasteiger partial charge in [-0.1, -0.05) is 158 Å². The molecular formula is C69H43N5O2. The molecule has 0 aliphatic heterocycles. The lowest BCUT2D eigenvalue weighted by molar-refractivity contribution is 0.668. The van der Waals surface area contributed by atoms with Crippen LogP contribution in [0.15, 0.2) is 245 Å². The van der Waals surface area contributed by atoms with Crippen molar-refractivity contribution >= 4 is 93.2 Å². The summed E-state index contributed by atoms with van der Waals surface area (Å²) in [5.41, 5.74) is 16.8. The van der Waals surface area contributed by atoms with Crippen LogP contribution < -0.4 is 0 Å². The first-order valence-corrected chi connectivity index (χ1v) is 25.9. The quantitative estimate of drug-likeness (QED) is 0.159. The Bertz CT molecular complexity index is 4740. The number of para-hydroxylation sites is 4. The van der Waals surface area contributed by atoms with Gasteiger partial charge >= 0.3 is 0 Å². The maximum Gasteiger partial charge on any atom is 0.164 e. The van der Waals surface area contributed by atoms with Gasteiger partial charge in [-0.05, 0) is 103 Å². The maximum absolute atomic E-state index is 6.44. The molecule has 0 unspecified atom stereocenters. The number of nitrogens with zero attached hydrogens (tertiary/aromatic N) is 5. The fourth-order valence-electron chi connectivity index (χ4n) is 11.9. The van der Waals surface area contributed by atoms with Gasteiger partial charge in [0.2, 0.25) is 0 Å². The molecule has 7 heteroatoms. The average molecular weight is 974 g/mol. The summed E-state index contributed by atoms with van der Waals surface area (Å²) in [5.74, 6) is 1.60. The minimum absolute atomic E-state index is 0.531. The lowest BCUT2D eigenvalue weighted by atomic mass is 9.92. The van der Waals surface area contributed by atoms with Crippen LogP contribution in [0.1, 0.15) is 12.8 Å². The highest BCUT2D eigenvalue weighted by atomic mass is 16.3. The van der Waals surface area contributed by atoms with E-state index in [-0.39, 0.29) is 0 Å². The van der Waals surface area contributed by atoms with Gasteiger partial charge < -0.3 is 18.0 Å². The zero-order valence-corrected chi connectivity index (χ0v) is 41.0. The van der Waals surface area contributed by atoms with Crippen LogP contribution in [0.25, 0.3) is 155 Å². The van der Waals surface area contributed by atoms with E-state index in [4.69, 9.17) is 23.8 Å². The van der Waals surface area contributed by atoms with E-state index in [1.165, 1.54) is 38.3 Å². The van der Waals surface area contributed by atoms with E-state index in [9.17, 15) is 0 Å². The molecule has 0 spiro atoms. The SMILES string of the molecule is C1=CC(n2c3ccccc3c3cc4c5ccccc5n(-c5c(-c6ccccc6)cc(-c6nc(-c7ccc8c(c7)oc7ccccc78)nc(-c7ccc8c(c7)oc7ccccc78)n6)cc5-c5ccccc5)c4cc32)=CCC1. The summed E-state index contributed by atoms with van der Waals surface area (Å²) in [7, 11) is 0. The highest BCUT2D eigenvalue weighted by Gasteiger charge is 2.25. The standard InChI is InChI=1S/C69H43N5O2/c1-4-18-42(19-5-1)54-36-46(69-71-67(44-32-34-52-50-26-12-16-30-62(50)75-64(52)38-44)70-68(72-69)45-33-35-53-51-27-13-17-31-63(51)76-65(53)39-45)37-55(43-20-6-2-7-21-43)66(54)74-59-29-15-11-25-49(59)57-40-56-48-24-10-14-28-58(48)73(60(56)41-61(57)74)47-22-8-3-9-23-47/h1-2,4-8,10-41H,3,9H2. The maximum atomic E-state index is 6.44. The molecule has 1 aliphatic carbocycles. The van der Waals surface area contributed by atoms with Gasteiger partial charge in [0.15, 0.2) is 17.5 Å². The predicted molar refractivity (Wildman–Crippen MR) is 312 cm³/mol. The minimum atomic E-state index is 0.531. The normalized spacial score (nSPS) is 12.9. The molecule has 0 atom stereocenters. The van der Waals surface area contributed by atoms with Crippen molar-refractivity contribution in [3.05, 3.63) is 237 Å². The third kappa shape index (κ3) is 6.59. The van der Waals surface area contributed by atoms with E-state index in [1.807, 2.05) is 48.5 Å². The van der Waals surface area contributed by atoms with Crippen LogP contribution in [-0.2, 0) is 0 Å². The van der Waals surface area contributed by atoms with Crippen LogP contribution >= 0.6 is 0 Å². The monoisotopic (exact) mass is 973 g/mol. The Balaban J connectivity index is 0.987. The molecule has 5 aromatic heterocycles. The first-order valence-electron chi connectivity index (χ1n) is 25.9. The van der Waals surface area contributed by atoms with Gasteiger partial charge in [-0.25, -0.2) is 15.0 Å². The zero-order chi connectivity index (χ0) is 49.8. The summed E-state index contributed by atoms with van der Waals surface area (Å²) in [6.45, 7) is 0. The van der Waals surface area contributed by atoms with Crippen molar-refractivity contribution in [3.8, 4) is 62.1 Å². The summed E-state index contributed by atoms with van der Waals surface area (Å²) in [4.78, 5) is 16.1. The third-order valence-electron chi connectivity index (χ3n) is 15.4. The van der Waals surface area contributed by atoms with E-state index in [0.717, 1.165) is 112 Å². The third-order valence-corrected chi connectivity index (χ3v) is 15.4. The number of aromatic nitrogens is 5. The molecule has 7 nitrogen and oxygen atoms in total. The molecule has 356 valence electrons. The predicted octanol–water partition coefficient (Wildman–Crippen LogP) is 18.4. The first-order chi connectivity index (χ1) is 37.7. The molecule has 0 amide bonds. The molecule has 10 aromatic carbocycles. The molecule has 16 rings (SSSR count). The molecule has 0 saturated heterocycles. The van der Waals surface area contributed by atoms with Crippen LogP contribution in [-0.4, -0.2) is 24.1 Å². The number of fused-ring (bicyclic) bond motifs is 12. The van der Waals surface area contributed by atoms with Gasteiger partial charge in [0, 0.05) is 76.6 Å². The fraction of sp³-hybridized carbons (Fsp3) is 0.0290. The molecule has 0 saturated carbocycles. The van der Waals surface area contributed by atoms with Crippen LogP contribution in [0.2, 0.25) is 0 Å². The number of hydrogen-bond acceptors (Lipinski definition) is 5. The number of rotatable bonds is 7. The van der Waals surface area contributed by atoms with E-state index in [0.29, 0.717) is 17.5 Å². The molecule has 76 heavy (non-hydrogen) atoms. The van der Waals surface area contributed by atoms with Crippen molar-refractivity contribution in [1.29, 1.82) is 0 Å². The number of hydrogen-bond donors (Lipinski definition) is 0. The van der Waals surface area contributed by atoms with Gasteiger partial charge in [-0.3, -0.25) is 0 Å². The van der Waals surface area contributed by atoms with Crippen molar-refractivity contribution in [2.75, 3.05) is 0 Å². The minimum Gasteiger partial charge on any atom is -0.456 e. The molecule has 5 heterocycles. The topological polar surface area (TPSA) is 74.8 Å². The Labute approximate surface area is 435 Å². The number of furan rings is 2. The van der Waals surface area contributed by atoms with Crippen LogP contribution in [0, 0.1) is 0 Å². The van der Waals surface area contributed by atoms with Crippen molar-refractivity contribution in [3.63, 3.8) is 0 Å². The second-order valence-electron chi connectivity index (χ2n) is 19.8. The van der Waals surface area contributed by atoms with Crippen LogP contribution in [0.4, 0.5) is 0 Å². The molecular weight excluding hydrogens is 931 g/mol. The van der Waals surface area contributed by atoms with Gasteiger partial charge in [0.05, 0.1) is 27.8 Å². The van der Waals surface area contributed by atoms with E-state index < -0.39 is 0 Å². The van der Waals surface area contributed by atoms with E-state index in [2.05, 4.69) is 197 Å². The Morgan fingerprint density at radius 3 is 1.32 bits per heavy atom. The lowest BCUT2D eigenvalue weighted by Gasteiger charge is -2.21. The molecule has 1 aliphatic rings. The Kier molecular flexibility index (Phi) is 9.32. The summed E-state index contributed by atoms with van der Waals surface area (Å²) in [6, 6.07) is 77.3. The van der Waals surface area contributed by atoms with Gasteiger partial charge in [-0.15, -0.1) is 0 Å². The van der Waals surface area contributed by atoms with Gasteiger partial charge in [-0.2, -0.15) is 0 Å². The van der Waals surface area contributed by atoms with Crippen molar-refractivity contribution in [2.24, 2.45) is 0 Å². The molecule has 0 fully saturated rings. The van der Waals surface area contributed by atoms with Gasteiger partial charge in [0.25, 0.3) is 0 Å². The van der Waals surface area contributed by atoms with Crippen molar-refractivity contribution < 1.29 is 8.83 Å². The summed E-state index contributed by atoms with van der Waals surface area (Å²) in [5, 5.41) is 9.05. The fourth-order valence-corrected chi connectivity index (χ4v) is 11.9. The Morgan fingerprint density at radius 2 is 0.776 bits per heavy atom. The second kappa shape index (κ2) is 16.7. The first kappa shape index (κ1) is 42.4. The number of benzene rings is 10. The van der Waals surface area contributed by atoms with Crippen molar-refractivity contribution in [2.45, 2.75) is 12.8 Å². The highest BCUT2D eigenvalue weighted by Crippen LogP contribution is 2.46. The van der Waals surface area contributed by atoms with Crippen LogP contribution in [0.5, 0.6) is 0 Å². The zero-order valence-electron chi connectivity index (χ0n) is 41.0. The lowest BCUT2D eigenvalue weighted by Crippen LogP contribution is -2.04. The second-order valence-corrected chi connectivity index (χ2v) is 19.8. The summed E-state index contributed by atoms with van der Waals surface area (Å²) < 4.78 is 17.8.